The van der Waals surface area contributed by atoms with Crippen LogP contribution in [0.2, 0.25) is 0 Å². The number of imidazole rings is 1. The number of rotatable bonds is 4. The maximum absolute atomic E-state index is 12.3. The highest BCUT2D eigenvalue weighted by molar-refractivity contribution is 5.78. The van der Waals surface area contributed by atoms with Crippen LogP contribution in [0.25, 0.3) is 0 Å². The van der Waals surface area contributed by atoms with E-state index < -0.39 is 0 Å². The number of aromatic nitrogens is 2. The van der Waals surface area contributed by atoms with E-state index in [0.717, 1.165) is 36.8 Å². The van der Waals surface area contributed by atoms with Crippen LogP contribution in [0.4, 0.5) is 0 Å². The number of carbonyl (C=O) groups is 1. The van der Waals surface area contributed by atoms with Gasteiger partial charge in [-0.3, -0.25) is 4.79 Å². The molecule has 3 rings (SSSR count). The molecule has 1 unspecified atom stereocenters. The van der Waals surface area contributed by atoms with Crippen molar-refractivity contribution >= 4 is 5.91 Å². The highest BCUT2D eigenvalue weighted by atomic mass is 16.5. The van der Waals surface area contributed by atoms with E-state index in [9.17, 15) is 4.79 Å². The Morgan fingerprint density at radius 3 is 2.77 bits per heavy atom. The highest BCUT2D eigenvalue weighted by Gasteiger charge is 2.28. The number of aryl methyl sites for hydroxylation is 2. The summed E-state index contributed by atoms with van der Waals surface area (Å²) < 4.78 is 7.77. The van der Waals surface area contributed by atoms with Crippen molar-refractivity contribution in [3.05, 3.63) is 48.0 Å². The number of likely N-dealkylation sites (tertiary alicyclic amines) is 1. The van der Waals surface area contributed by atoms with Crippen LogP contribution in [0.15, 0.2) is 36.5 Å². The van der Waals surface area contributed by atoms with E-state index in [1.54, 1.807) is 0 Å². The fourth-order valence-electron chi connectivity index (χ4n) is 3.05. The van der Waals surface area contributed by atoms with Gasteiger partial charge in [-0.15, -0.1) is 0 Å². The van der Waals surface area contributed by atoms with Crippen LogP contribution in [-0.2, 0) is 4.79 Å². The van der Waals surface area contributed by atoms with Crippen LogP contribution >= 0.6 is 0 Å². The molecule has 116 valence electrons. The third kappa shape index (κ3) is 2.98. The van der Waals surface area contributed by atoms with E-state index >= 15 is 0 Å². The number of para-hydroxylation sites is 1. The molecule has 0 aliphatic carbocycles. The van der Waals surface area contributed by atoms with Gasteiger partial charge in [-0.2, -0.15) is 0 Å². The summed E-state index contributed by atoms with van der Waals surface area (Å²) >= 11 is 0. The summed E-state index contributed by atoms with van der Waals surface area (Å²) in [5.74, 6) is 1.78. The third-order valence-corrected chi connectivity index (χ3v) is 4.15. The highest BCUT2D eigenvalue weighted by Crippen LogP contribution is 2.24. The molecule has 2 heterocycles. The normalized spacial score (nSPS) is 17.7. The molecule has 22 heavy (non-hydrogen) atoms. The van der Waals surface area contributed by atoms with E-state index in [-0.39, 0.29) is 12.5 Å². The number of ether oxygens (including phenoxy) is 1. The van der Waals surface area contributed by atoms with Crippen molar-refractivity contribution in [1.82, 2.24) is 14.5 Å². The van der Waals surface area contributed by atoms with Crippen molar-refractivity contribution in [1.29, 1.82) is 0 Å². The number of hydrogen-bond donors (Lipinski definition) is 0. The first-order chi connectivity index (χ1) is 10.6. The average molecular weight is 299 g/mol. The fraction of sp³-hybridized carbons (Fsp3) is 0.412. The van der Waals surface area contributed by atoms with Crippen molar-refractivity contribution < 1.29 is 9.53 Å². The molecule has 5 heteroatoms. The van der Waals surface area contributed by atoms with Crippen molar-refractivity contribution in [2.24, 2.45) is 0 Å². The first kappa shape index (κ1) is 14.6. The molecule has 1 aromatic carbocycles. The molecule has 2 aromatic rings. The summed E-state index contributed by atoms with van der Waals surface area (Å²) in [4.78, 5) is 18.5. The Kier molecular flexibility index (Phi) is 4.13. The zero-order chi connectivity index (χ0) is 15.5. The molecule has 1 fully saturated rings. The molecular weight excluding hydrogens is 278 g/mol. The van der Waals surface area contributed by atoms with Crippen LogP contribution in [0.3, 0.4) is 0 Å². The second kappa shape index (κ2) is 6.22. The van der Waals surface area contributed by atoms with Crippen molar-refractivity contribution in [2.45, 2.75) is 26.3 Å². The van der Waals surface area contributed by atoms with Crippen molar-refractivity contribution in [3.8, 4) is 5.75 Å². The number of benzene rings is 1. The SMILES string of the molecule is Cc1cnc(C)n1C1CCN(C(=O)COc2ccccc2)C1. The average Bonchev–Trinajstić information content (AvgIpc) is 3.13. The lowest BCUT2D eigenvalue weighted by Gasteiger charge is -2.19. The first-order valence-corrected chi connectivity index (χ1v) is 7.61. The van der Waals surface area contributed by atoms with Crippen LogP contribution in [0, 0.1) is 13.8 Å². The Hall–Kier alpha value is -2.30. The molecule has 1 aliphatic rings. The van der Waals surface area contributed by atoms with Gasteiger partial charge in [0.2, 0.25) is 0 Å². The van der Waals surface area contributed by atoms with E-state index in [1.165, 1.54) is 0 Å². The molecule has 0 spiro atoms. The predicted octanol–water partition coefficient (Wildman–Crippen LogP) is 2.35. The number of hydrogen-bond acceptors (Lipinski definition) is 3. The summed E-state index contributed by atoms with van der Waals surface area (Å²) in [5, 5.41) is 0. The predicted molar refractivity (Wildman–Crippen MR) is 83.9 cm³/mol. The topological polar surface area (TPSA) is 47.4 Å². The minimum absolute atomic E-state index is 0.0433. The van der Waals surface area contributed by atoms with Crippen molar-refractivity contribution in [3.63, 3.8) is 0 Å². The van der Waals surface area contributed by atoms with Gasteiger partial charge in [0.1, 0.15) is 11.6 Å². The third-order valence-electron chi connectivity index (χ3n) is 4.15. The molecule has 1 saturated heterocycles. The van der Waals surface area contributed by atoms with E-state index in [1.807, 2.05) is 48.4 Å². The van der Waals surface area contributed by atoms with Gasteiger partial charge < -0.3 is 14.2 Å². The summed E-state index contributed by atoms with van der Waals surface area (Å²) in [5.41, 5.74) is 1.15. The van der Waals surface area contributed by atoms with Gasteiger partial charge in [0.05, 0.1) is 6.04 Å². The zero-order valence-electron chi connectivity index (χ0n) is 13.0. The number of nitrogens with zero attached hydrogens (tertiary/aromatic N) is 3. The lowest BCUT2D eigenvalue weighted by Crippen LogP contribution is -2.33. The van der Waals surface area contributed by atoms with E-state index in [4.69, 9.17) is 4.74 Å². The molecule has 0 bridgehead atoms. The lowest BCUT2D eigenvalue weighted by atomic mass is 10.2. The minimum Gasteiger partial charge on any atom is -0.484 e. The van der Waals surface area contributed by atoms with Crippen LogP contribution in [0.5, 0.6) is 5.75 Å². The molecule has 1 atom stereocenters. The smallest absolute Gasteiger partial charge is 0.260 e. The summed E-state index contributed by atoms with van der Waals surface area (Å²) in [7, 11) is 0. The first-order valence-electron chi connectivity index (χ1n) is 7.61. The molecule has 0 radical (unpaired) electrons. The number of carbonyl (C=O) groups excluding carboxylic acids is 1. The van der Waals surface area contributed by atoms with E-state index in [2.05, 4.69) is 16.5 Å². The quantitative estimate of drug-likeness (QED) is 0.870. The summed E-state index contributed by atoms with van der Waals surface area (Å²) in [6.45, 7) is 5.67. The largest absolute Gasteiger partial charge is 0.484 e. The van der Waals surface area contributed by atoms with Crippen molar-refractivity contribution in [2.75, 3.05) is 19.7 Å². The standard InChI is InChI=1S/C17H21N3O2/c1-13-10-18-14(2)20(13)15-8-9-19(11-15)17(21)12-22-16-6-4-3-5-7-16/h3-7,10,15H,8-9,11-12H2,1-2H3. The number of amides is 1. The molecule has 0 N–H and O–H groups in total. The van der Waals surface area contributed by atoms with Crippen LogP contribution in [-0.4, -0.2) is 40.1 Å². The second-order valence-corrected chi connectivity index (χ2v) is 5.70. The Bertz CT molecular complexity index is 632. The molecule has 0 saturated carbocycles. The van der Waals surface area contributed by atoms with Gasteiger partial charge in [0, 0.05) is 25.0 Å². The Balaban J connectivity index is 1.57. The monoisotopic (exact) mass is 299 g/mol. The molecule has 5 nitrogen and oxygen atoms in total. The molecule has 1 aromatic heterocycles. The Morgan fingerprint density at radius 1 is 1.32 bits per heavy atom. The van der Waals surface area contributed by atoms with Gasteiger partial charge in [0.25, 0.3) is 5.91 Å². The molecular formula is C17H21N3O2. The maximum Gasteiger partial charge on any atom is 0.260 e. The van der Waals surface area contributed by atoms with Gasteiger partial charge in [-0.25, -0.2) is 4.98 Å². The summed E-state index contributed by atoms with van der Waals surface area (Å²) in [6, 6.07) is 9.77. The van der Waals surface area contributed by atoms with Crippen LogP contribution in [0.1, 0.15) is 24.0 Å². The molecule has 1 amide bonds. The lowest BCUT2D eigenvalue weighted by molar-refractivity contribution is -0.132. The Morgan fingerprint density at radius 2 is 2.09 bits per heavy atom. The maximum atomic E-state index is 12.3. The van der Waals surface area contributed by atoms with Gasteiger partial charge >= 0.3 is 0 Å². The van der Waals surface area contributed by atoms with Gasteiger partial charge in [0.15, 0.2) is 6.61 Å². The van der Waals surface area contributed by atoms with Crippen LogP contribution < -0.4 is 4.74 Å². The Labute approximate surface area is 130 Å². The molecule has 1 aliphatic heterocycles. The van der Waals surface area contributed by atoms with Gasteiger partial charge in [-0.1, -0.05) is 18.2 Å². The second-order valence-electron chi connectivity index (χ2n) is 5.70. The fourth-order valence-corrected chi connectivity index (χ4v) is 3.05. The minimum atomic E-state index is 0.0433. The van der Waals surface area contributed by atoms with E-state index in [0.29, 0.717) is 6.04 Å². The van der Waals surface area contributed by atoms with Gasteiger partial charge in [-0.05, 0) is 32.4 Å². The zero-order valence-corrected chi connectivity index (χ0v) is 13.0. The summed E-state index contributed by atoms with van der Waals surface area (Å²) in [6.07, 6.45) is 2.85.